The predicted molar refractivity (Wildman–Crippen MR) is 286 cm³/mol. The Balaban J connectivity index is 0.00000338. The summed E-state index contributed by atoms with van der Waals surface area (Å²) in [6.45, 7) is 6.98. The predicted octanol–water partition coefficient (Wildman–Crippen LogP) is 17.7. The Kier molecular flexibility index (Phi) is 42.1. The van der Waals surface area contributed by atoms with Gasteiger partial charge in [-0.2, -0.15) is 4.57 Å². The van der Waals surface area contributed by atoms with Gasteiger partial charge in [0.05, 0.1) is 7.11 Å². The first-order chi connectivity index (χ1) is 32.3. The zero-order valence-electron chi connectivity index (χ0n) is 43.8. The summed E-state index contributed by atoms with van der Waals surface area (Å²) in [6.07, 6.45) is 65.3. The van der Waals surface area contributed by atoms with Gasteiger partial charge in [0.15, 0.2) is 6.20 Å². The first-order valence-electron chi connectivity index (χ1n) is 28.1. The van der Waals surface area contributed by atoms with Crippen LogP contribution in [0.5, 0.6) is 0 Å². The van der Waals surface area contributed by atoms with Gasteiger partial charge in [0.1, 0.15) is 7.05 Å². The maximum Gasteiger partial charge on any atom is 0.256 e. The number of anilines is 1. The van der Waals surface area contributed by atoms with Crippen molar-refractivity contribution in [2.24, 2.45) is 7.05 Å². The maximum absolute atomic E-state index is 9.22. The molecule has 0 saturated heterocycles. The molecule has 1 aromatic carbocycles. The third-order valence-electron chi connectivity index (χ3n) is 13.6. The van der Waals surface area contributed by atoms with Gasteiger partial charge in [0.25, 0.3) is 5.69 Å². The molecule has 0 fully saturated rings. The van der Waals surface area contributed by atoms with Crippen molar-refractivity contribution in [3.8, 4) is 23.5 Å². The van der Waals surface area contributed by atoms with E-state index in [1.54, 1.807) is 0 Å². The summed E-state index contributed by atoms with van der Waals surface area (Å²) < 4.78 is 33.0. The lowest BCUT2D eigenvalue weighted by Crippen LogP contribution is -2.31. The Morgan fingerprint density at radius 2 is 0.758 bits per heavy atom. The molecule has 0 unspecified atom stereocenters. The molecule has 2 aromatic rings. The molecule has 0 aliphatic heterocycles. The van der Waals surface area contributed by atoms with Crippen LogP contribution in [0.3, 0.4) is 0 Å². The van der Waals surface area contributed by atoms with E-state index in [0.717, 1.165) is 12.8 Å². The summed E-state index contributed by atoms with van der Waals surface area (Å²) in [5, 5.41) is 0. The molecule has 0 atom stereocenters. The Hall–Kier alpha value is -2.40. The highest BCUT2D eigenvalue weighted by atomic mass is 32.3. The number of terminal acetylenes is 1. The molecule has 2 rings (SSSR count). The second-order valence-corrected chi connectivity index (χ2v) is 20.7. The van der Waals surface area contributed by atoms with E-state index < -0.39 is 10.4 Å². The lowest BCUT2D eigenvalue weighted by molar-refractivity contribution is -0.673. The van der Waals surface area contributed by atoms with E-state index in [-0.39, 0.29) is 0 Å². The van der Waals surface area contributed by atoms with E-state index in [0.29, 0.717) is 0 Å². The molecular weight excluding hydrogens is 833 g/mol. The minimum Gasteiger partial charge on any atom is -0.726 e. The molecule has 380 valence electrons. The van der Waals surface area contributed by atoms with Crippen LogP contribution in [0.2, 0.25) is 0 Å². The number of nitrogens with zero attached hydrogens (tertiary/aromatic N) is 2. The number of aryl methyl sites for hydroxylation is 1. The number of hydrogen-bond acceptors (Lipinski definition) is 5. The summed E-state index contributed by atoms with van der Waals surface area (Å²) in [6, 6.07) is 13.6. The summed E-state index contributed by atoms with van der Waals surface area (Å²) in [4.78, 5) is 2.69. The van der Waals surface area contributed by atoms with Gasteiger partial charge >= 0.3 is 0 Å². The number of hydrogen-bond donors (Lipinski definition) is 0. The molecule has 0 N–H and O–H groups in total. The van der Waals surface area contributed by atoms with Crippen LogP contribution in [0.25, 0.3) is 11.1 Å². The molecule has 0 bridgehead atoms. The van der Waals surface area contributed by atoms with Gasteiger partial charge in [0, 0.05) is 30.9 Å². The van der Waals surface area contributed by atoms with Gasteiger partial charge < -0.3 is 9.45 Å². The van der Waals surface area contributed by atoms with Gasteiger partial charge in [0.2, 0.25) is 10.4 Å². The summed E-state index contributed by atoms with van der Waals surface area (Å²) >= 11 is 0. The molecule has 0 amide bonds. The third-order valence-corrected chi connectivity index (χ3v) is 14.0. The van der Waals surface area contributed by atoms with Crippen molar-refractivity contribution in [1.82, 2.24) is 0 Å². The minimum atomic E-state index is -4.41. The quantitative estimate of drug-likeness (QED) is 0.0217. The van der Waals surface area contributed by atoms with Crippen molar-refractivity contribution >= 4 is 16.1 Å². The topological polar surface area (TPSA) is 73.5 Å². The summed E-state index contributed by atoms with van der Waals surface area (Å²) in [7, 11) is -1.59. The van der Waals surface area contributed by atoms with Crippen LogP contribution in [-0.2, 0) is 21.6 Å². The lowest BCUT2D eigenvalue weighted by Gasteiger charge is -2.25. The fourth-order valence-corrected chi connectivity index (χ4v) is 9.24. The van der Waals surface area contributed by atoms with Crippen LogP contribution in [0.1, 0.15) is 276 Å². The average Bonchev–Trinajstić information content (AvgIpc) is 3.32. The van der Waals surface area contributed by atoms with Crippen LogP contribution in [0, 0.1) is 12.3 Å². The molecule has 0 saturated carbocycles. The first-order valence-corrected chi connectivity index (χ1v) is 29.4. The Morgan fingerprint density at radius 1 is 0.485 bits per heavy atom. The van der Waals surface area contributed by atoms with E-state index in [2.05, 4.69) is 71.4 Å². The monoisotopic (exact) mass is 937 g/mol. The summed E-state index contributed by atoms with van der Waals surface area (Å²) in [5.41, 5.74) is 4.74. The molecule has 0 spiro atoms. The molecular formula is C59H104N2O4S. The Bertz CT molecular complexity index is 1460. The number of pyridine rings is 1. The zero-order valence-corrected chi connectivity index (χ0v) is 44.6. The average molecular weight is 938 g/mol. The highest BCUT2D eigenvalue weighted by Crippen LogP contribution is 2.25. The molecule has 6 nitrogen and oxygen atoms in total. The number of benzene rings is 1. The maximum atomic E-state index is 9.22. The molecule has 1 aromatic heterocycles. The second-order valence-electron chi connectivity index (χ2n) is 19.6. The van der Waals surface area contributed by atoms with Crippen LogP contribution in [0.15, 0.2) is 42.6 Å². The van der Waals surface area contributed by atoms with E-state index in [4.69, 9.17) is 6.42 Å². The van der Waals surface area contributed by atoms with E-state index in [9.17, 15) is 13.0 Å². The molecule has 0 radical (unpaired) electrons. The Morgan fingerprint density at radius 3 is 1.02 bits per heavy atom. The number of rotatable bonds is 45. The fourth-order valence-electron chi connectivity index (χ4n) is 9.24. The van der Waals surface area contributed by atoms with E-state index >= 15 is 0 Å². The minimum absolute atomic E-state index is 0.808. The van der Waals surface area contributed by atoms with Crippen molar-refractivity contribution in [3.05, 3.63) is 48.3 Å². The van der Waals surface area contributed by atoms with Gasteiger partial charge in [-0.25, -0.2) is 8.42 Å². The van der Waals surface area contributed by atoms with Crippen LogP contribution < -0.4 is 9.47 Å². The van der Waals surface area contributed by atoms with Gasteiger partial charge in [-0.05, 0) is 42.0 Å². The molecule has 0 aliphatic carbocycles. The van der Waals surface area contributed by atoms with Crippen molar-refractivity contribution in [3.63, 3.8) is 0 Å². The Labute approximate surface area is 410 Å². The van der Waals surface area contributed by atoms with Crippen molar-refractivity contribution in [2.75, 3.05) is 25.1 Å². The number of aromatic nitrogens is 1. The van der Waals surface area contributed by atoms with Crippen LogP contribution in [-0.4, -0.2) is 33.2 Å². The summed E-state index contributed by atoms with van der Waals surface area (Å²) in [5.74, 6) is 2.83. The molecule has 0 aliphatic rings. The van der Waals surface area contributed by atoms with Crippen molar-refractivity contribution in [1.29, 1.82) is 0 Å². The molecule has 1 heterocycles. The van der Waals surface area contributed by atoms with Gasteiger partial charge in [-0.3, -0.25) is 4.18 Å². The van der Waals surface area contributed by atoms with Gasteiger partial charge in [-0.15, -0.1) is 6.42 Å². The van der Waals surface area contributed by atoms with Crippen LogP contribution >= 0.6 is 0 Å². The largest absolute Gasteiger partial charge is 0.726 e. The highest BCUT2D eigenvalue weighted by Gasteiger charge is 2.10. The first kappa shape index (κ1) is 61.6. The van der Waals surface area contributed by atoms with E-state index in [1.807, 2.05) is 11.6 Å². The van der Waals surface area contributed by atoms with Crippen LogP contribution in [0.4, 0.5) is 5.69 Å². The fraction of sp³-hybridized carbons (Fsp3) is 0.780. The highest BCUT2D eigenvalue weighted by molar-refractivity contribution is 7.80. The third kappa shape index (κ3) is 37.6. The smallest absolute Gasteiger partial charge is 0.256 e. The number of unbranched alkanes of at least 4 members (excludes halogenated alkanes) is 38. The lowest BCUT2D eigenvalue weighted by atomic mass is 10.0. The SMILES string of the molecule is C#Cc1cc(-c2ccc(N(CCCCCCCCCCCCCCCCCCCCCC)CCCCCCCCCCCCCCCCCCCCCC)cc2)cc[n+]1C.COS(=O)(=O)[O-]. The zero-order chi connectivity index (χ0) is 48.0. The van der Waals surface area contributed by atoms with E-state index in [1.165, 1.54) is 287 Å². The van der Waals surface area contributed by atoms with Gasteiger partial charge in [-0.1, -0.05) is 270 Å². The second kappa shape index (κ2) is 45.1. The molecule has 7 heteroatoms. The standard InChI is InChI=1S/C58H101N2.CH4O4S/c1-5-8-10-12-14-16-18-20-22-24-26-28-30-32-34-36-38-40-42-44-51-60(58-48-46-55(47-49-58)56-50-53-59(4)57(7-3)54-56)52-45-43-41-39-37-35-33-31-29-27-25-23-21-19-17-15-13-11-9-6-2;1-5-6(2,3)4/h3,46-50,53-54H,5-6,8-45,51-52H2,1-2,4H3;1H3,(H,2,3,4)/q+1;/p-1. The molecule has 66 heavy (non-hydrogen) atoms. The normalized spacial score (nSPS) is 11.4. The van der Waals surface area contributed by atoms with Crippen molar-refractivity contribution < 1.29 is 21.7 Å². The van der Waals surface area contributed by atoms with Crippen molar-refractivity contribution in [2.45, 2.75) is 271 Å².